The Kier molecular flexibility index (Phi) is 4.74. The quantitative estimate of drug-likeness (QED) is 0.850. The van der Waals surface area contributed by atoms with Crippen molar-refractivity contribution in [2.75, 3.05) is 11.9 Å². The van der Waals surface area contributed by atoms with Gasteiger partial charge in [0.2, 0.25) is 5.91 Å². The number of carbonyl (C=O) groups excluding carboxylic acids is 1. The molecule has 0 radical (unpaired) electrons. The van der Waals surface area contributed by atoms with E-state index >= 15 is 0 Å². The van der Waals surface area contributed by atoms with Crippen LogP contribution in [0.1, 0.15) is 10.4 Å². The van der Waals surface area contributed by atoms with E-state index < -0.39 is 5.91 Å². The fourth-order valence-corrected chi connectivity index (χ4v) is 2.01. The van der Waals surface area contributed by atoms with Crippen LogP contribution in [0.15, 0.2) is 42.5 Å². The third kappa shape index (κ3) is 3.17. The second-order valence-electron chi connectivity index (χ2n) is 4.09. The molecule has 0 spiro atoms. The summed E-state index contributed by atoms with van der Waals surface area (Å²) in [5.74, 6) is -0.456. The van der Waals surface area contributed by atoms with Crippen molar-refractivity contribution in [2.45, 2.75) is 0 Å². The molecule has 0 bridgehead atoms. The van der Waals surface area contributed by atoms with E-state index in [1.807, 2.05) is 0 Å². The van der Waals surface area contributed by atoms with Gasteiger partial charge in [0, 0.05) is 22.0 Å². The lowest BCUT2D eigenvalue weighted by molar-refractivity contribution is 0.1000. The predicted octanol–water partition coefficient (Wildman–Crippen LogP) is 3.37. The molecule has 0 aliphatic carbocycles. The molecule has 2 rings (SSSR count). The summed E-state index contributed by atoms with van der Waals surface area (Å²) in [6.07, 6.45) is 0. The van der Waals surface area contributed by atoms with Crippen LogP contribution in [0.25, 0.3) is 11.1 Å². The van der Waals surface area contributed by atoms with Gasteiger partial charge < -0.3 is 10.5 Å². The zero-order chi connectivity index (χ0) is 14.5. The molecular weight excluding hydrogens is 325 g/mol. The molecule has 2 N–H and O–H groups in total. The summed E-state index contributed by atoms with van der Waals surface area (Å²) in [6.45, 7) is 0.406. The average molecular weight is 338 g/mol. The second kappa shape index (κ2) is 6.52. The molecule has 2 aromatic carbocycles. The maximum absolute atomic E-state index is 13.9. The van der Waals surface area contributed by atoms with Crippen molar-refractivity contribution in [1.29, 1.82) is 0 Å². The Morgan fingerprint density at radius 2 is 1.95 bits per heavy atom. The molecule has 0 aliphatic rings. The van der Waals surface area contributed by atoms with Gasteiger partial charge in [0.05, 0.1) is 6.61 Å². The summed E-state index contributed by atoms with van der Waals surface area (Å²) in [6, 6.07) is 11.1. The van der Waals surface area contributed by atoms with Crippen LogP contribution in [0, 0.1) is 5.82 Å². The second-order valence-corrected chi connectivity index (χ2v) is 4.89. The van der Waals surface area contributed by atoms with Crippen LogP contribution in [0.3, 0.4) is 0 Å². The molecule has 0 aliphatic heterocycles. The highest BCUT2D eigenvalue weighted by Gasteiger charge is 2.13. The fraction of sp³-hybridized carbons (Fsp3) is 0.133. The topological polar surface area (TPSA) is 52.3 Å². The molecule has 0 aromatic heterocycles. The SMILES string of the molecule is NC(=O)c1ccc(-c2ccccc2F)c(OCCBr)c1. The number of halogens is 2. The minimum atomic E-state index is -0.547. The summed E-state index contributed by atoms with van der Waals surface area (Å²) in [7, 11) is 0. The Morgan fingerprint density at radius 1 is 1.20 bits per heavy atom. The van der Waals surface area contributed by atoms with E-state index in [-0.39, 0.29) is 5.82 Å². The summed E-state index contributed by atoms with van der Waals surface area (Å²) in [5, 5.41) is 0.629. The minimum Gasteiger partial charge on any atom is -0.492 e. The summed E-state index contributed by atoms with van der Waals surface area (Å²) < 4.78 is 19.4. The van der Waals surface area contributed by atoms with Crippen molar-refractivity contribution in [2.24, 2.45) is 5.73 Å². The van der Waals surface area contributed by atoms with E-state index in [9.17, 15) is 9.18 Å². The number of hydrogen-bond acceptors (Lipinski definition) is 2. The maximum atomic E-state index is 13.9. The van der Waals surface area contributed by atoms with Crippen LogP contribution in [-0.4, -0.2) is 17.8 Å². The molecule has 0 unspecified atom stereocenters. The third-order valence-electron chi connectivity index (χ3n) is 2.76. The highest BCUT2D eigenvalue weighted by molar-refractivity contribution is 9.09. The molecule has 2 aromatic rings. The van der Waals surface area contributed by atoms with Gasteiger partial charge in [-0.3, -0.25) is 4.79 Å². The Morgan fingerprint density at radius 3 is 2.60 bits per heavy atom. The van der Waals surface area contributed by atoms with Crippen LogP contribution in [-0.2, 0) is 0 Å². The molecule has 0 saturated heterocycles. The molecule has 0 heterocycles. The van der Waals surface area contributed by atoms with Gasteiger partial charge in [-0.25, -0.2) is 4.39 Å². The number of primary amides is 1. The van der Waals surface area contributed by atoms with E-state index in [0.717, 1.165) is 0 Å². The number of hydrogen-bond donors (Lipinski definition) is 1. The Hall–Kier alpha value is -1.88. The van der Waals surface area contributed by atoms with Crippen LogP contribution < -0.4 is 10.5 Å². The van der Waals surface area contributed by atoms with Crippen molar-refractivity contribution in [1.82, 2.24) is 0 Å². The van der Waals surface area contributed by atoms with Crippen molar-refractivity contribution in [3.63, 3.8) is 0 Å². The van der Waals surface area contributed by atoms with Gasteiger partial charge in [0.1, 0.15) is 11.6 Å². The molecule has 104 valence electrons. The van der Waals surface area contributed by atoms with Gasteiger partial charge in [-0.05, 0) is 24.3 Å². The summed E-state index contributed by atoms with van der Waals surface area (Å²) in [4.78, 5) is 11.2. The molecule has 5 heteroatoms. The molecule has 1 amide bonds. The minimum absolute atomic E-state index is 0.328. The molecule has 0 atom stereocenters. The monoisotopic (exact) mass is 337 g/mol. The first-order valence-electron chi connectivity index (χ1n) is 6.01. The number of rotatable bonds is 5. The van der Waals surface area contributed by atoms with Crippen LogP contribution in [0.5, 0.6) is 5.75 Å². The predicted molar refractivity (Wildman–Crippen MR) is 79.6 cm³/mol. The van der Waals surface area contributed by atoms with E-state index in [1.165, 1.54) is 12.1 Å². The van der Waals surface area contributed by atoms with Crippen LogP contribution in [0.2, 0.25) is 0 Å². The van der Waals surface area contributed by atoms with Crippen LogP contribution >= 0.6 is 15.9 Å². The summed E-state index contributed by atoms with van der Waals surface area (Å²) in [5.41, 5.74) is 6.60. The normalized spacial score (nSPS) is 10.3. The fourth-order valence-electron chi connectivity index (χ4n) is 1.85. The highest BCUT2D eigenvalue weighted by atomic mass is 79.9. The largest absolute Gasteiger partial charge is 0.492 e. The third-order valence-corrected chi connectivity index (χ3v) is 3.09. The number of ether oxygens (including phenoxy) is 1. The number of nitrogens with two attached hydrogens (primary N) is 1. The van der Waals surface area contributed by atoms with Gasteiger partial charge >= 0.3 is 0 Å². The first-order chi connectivity index (χ1) is 9.63. The number of benzene rings is 2. The lowest BCUT2D eigenvalue weighted by Gasteiger charge is -2.12. The van der Waals surface area contributed by atoms with Crippen LogP contribution in [0.4, 0.5) is 4.39 Å². The lowest BCUT2D eigenvalue weighted by Crippen LogP contribution is -2.11. The molecule has 3 nitrogen and oxygen atoms in total. The van der Waals surface area contributed by atoms with E-state index in [1.54, 1.807) is 30.3 Å². The lowest BCUT2D eigenvalue weighted by atomic mass is 10.0. The summed E-state index contributed by atoms with van der Waals surface area (Å²) >= 11 is 3.26. The first kappa shape index (κ1) is 14.5. The van der Waals surface area contributed by atoms with Crippen molar-refractivity contribution < 1.29 is 13.9 Å². The first-order valence-corrected chi connectivity index (χ1v) is 7.13. The van der Waals surface area contributed by atoms with Crippen molar-refractivity contribution >= 4 is 21.8 Å². The Balaban J connectivity index is 2.51. The number of carbonyl (C=O) groups is 1. The maximum Gasteiger partial charge on any atom is 0.248 e. The molecule has 0 saturated carbocycles. The van der Waals surface area contributed by atoms with Crippen molar-refractivity contribution in [3.8, 4) is 16.9 Å². The Labute approximate surface area is 124 Å². The highest BCUT2D eigenvalue weighted by Crippen LogP contribution is 2.32. The smallest absolute Gasteiger partial charge is 0.248 e. The molecule has 20 heavy (non-hydrogen) atoms. The average Bonchev–Trinajstić information content (AvgIpc) is 2.45. The van der Waals surface area contributed by atoms with Crippen molar-refractivity contribution in [3.05, 3.63) is 53.8 Å². The van der Waals surface area contributed by atoms with Gasteiger partial charge in [-0.2, -0.15) is 0 Å². The zero-order valence-corrected chi connectivity index (χ0v) is 12.2. The standard InChI is InChI=1S/C15H13BrFNO2/c16-7-8-20-14-9-10(15(18)19)5-6-12(14)11-3-1-2-4-13(11)17/h1-6,9H,7-8H2,(H2,18,19). The zero-order valence-electron chi connectivity index (χ0n) is 10.6. The number of amides is 1. The van der Waals surface area contributed by atoms with E-state index in [2.05, 4.69) is 15.9 Å². The van der Waals surface area contributed by atoms with E-state index in [0.29, 0.717) is 34.4 Å². The van der Waals surface area contributed by atoms with E-state index in [4.69, 9.17) is 10.5 Å². The van der Waals surface area contributed by atoms with Gasteiger partial charge in [0.25, 0.3) is 0 Å². The van der Waals surface area contributed by atoms with Gasteiger partial charge in [-0.1, -0.05) is 34.1 Å². The number of alkyl halides is 1. The van der Waals surface area contributed by atoms with Gasteiger partial charge in [0.15, 0.2) is 0 Å². The molecule has 0 fully saturated rings. The Bertz CT molecular complexity index is 631. The van der Waals surface area contributed by atoms with Gasteiger partial charge in [-0.15, -0.1) is 0 Å². The molecular formula is C15H13BrFNO2.